The maximum Gasteiger partial charge on any atom is 0.317 e. The van der Waals surface area contributed by atoms with Gasteiger partial charge in [0, 0.05) is 57.8 Å². The van der Waals surface area contributed by atoms with Crippen LogP contribution in [0.2, 0.25) is 0 Å². The van der Waals surface area contributed by atoms with Crippen molar-refractivity contribution < 1.29 is 13.6 Å². The zero-order valence-corrected chi connectivity index (χ0v) is 16.0. The lowest BCUT2D eigenvalue weighted by Crippen LogP contribution is -2.57. The highest BCUT2D eigenvalue weighted by atomic mass is 19.3. The van der Waals surface area contributed by atoms with Gasteiger partial charge in [-0.3, -0.25) is 4.90 Å². The summed E-state index contributed by atoms with van der Waals surface area (Å²) in [6, 6.07) is 10.5. The first-order valence-electron chi connectivity index (χ1n) is 9.80. The molecule has 0 bridgehead atoms. The lowest BCUT2D eigenvalue weighted by molar-refractivity contribution is 0.0412. The Kier molecular flexibility index (Phi) is 7.01. The van der Waals surface area contributed by atoms with E-state index in [-0.39, 0.29) is 12.1 Å². The Hall–Kier alpha value is -1.73. The summed E-state index contributed by atoms with van der Waals surface area (Å²) in [6.07, 6.45) is -1.51. The van der Waals surface area contributed by atoms with Crippen LogP contribution in [-0.2, 0) is 6.54 Å². The van der Waals surface area contributed by atoms with Gasteiger partial charge in [-0.1, -0.05) is 30.3 Å². The Morgan fingerprint density at radius 2 is 1.85 bits per heavy atom. The number of alkyl halides is 2. The zero-order chi connectivity index (χ0) is 19.2. The number of piperazine rings is 1. The first-order chi connectivity index (χ1) is 13.0. The summed E-state index contributed by atoms with van der Waals surface area (Å²) in [5, 5.41) is 3.03. The van der Waals surface area contributed by atoms with Crippen LogP contribution >= 0.6 is 0 Å². The average molecular weight is 380 g/mol. The number of rotatable bonds is 5. The molecule has 3 rings (SSSR count). The van der Waals surface area contributed by atoms with Crippen molar-refractivity contribution in [1.82, 2.24) is 20.0 Å². The van der Waals surface area contributed by atoms with E-state index in [1.54, 1.807) is 4.90 Å². The molecule has 0 radical (unpaired) electrons. The fourth-order valence-corrected chi connectivity index (χ4v) is 3.94. The van der Waals surface area contributed by atoms with Gasteiger partial charge in [0.05, 0.1) is 0 Å². The van der Waals surface area contributed by atoms with E-state index in [0.29, 0.717) is 32.5 Å². The number of urea groups is 1. The van der Waals surface area contributed by atoms with Crippen LogP contribution in [-0.4, -0.2) is 79.5 Å². The molecule has 1 aromatic rings. The maximum absolute atomic E-state index is 12.8. The van der Waals surface area contributed by atoms with Gasteiger partial charge in [-0.05, 0) is 25.5 Å². The number of carbonyl (C=O) groups excluding carboxylic acids is 1. The predicted molar refractivity (Wildman–Crippen MR) is 102 cm³/mol. The molecule has 0 spiro atoms. The molecule has 2 heterocycles. The van der Waals surface area contributed by atoms with Crippen LogP contribution in [0.3, 0.4) is 0 Å². The van der Waals surface area contributed by atoms with E-state index in [0.717, 1.165) is 26.2 Å². The molecule has 2 aliphatic heterocycles. The van der Waals surface area contributed by atoms with Gasteiger partial charge in [0.25, 0.3) is 0 Å². The molecule has 2 fully saturated rings. The molecule has 5 nitrogen and oxygen atoms in total. The number of likely N-dealkylation sites (N-methyl/N-ethyl adjacent to an activating group) is 1. The van der Waals surface area contributed by atoms with E-state index in [2.05, 4.69) is 34.3 Å². The number of amides is 2. The second-order valence-electron chi connectivity index (χ2n) is 7.72. The van der Waals surface area contributed by atoms with Crippen molar-refractivity contribution in [3.05, 3.63) is 35.9 Å². The molecule has 7 heteroatoms. The first kappa shape index (κ1) is 20.0. The van der Waals surface area contributed by atoms with E-state index in [4.69, 9.17) is 0 Å². The van der Waals surface area contributed by atoms with Crippen LogP contribution < -0.4 is 5.32 Å². The van der Waals surface area contributed by atoms with Crippen molar-refractivity contribution in [2.45, 2.75) is 31.9 Å². The summed E-state index contributed by atoms with van der Waals surface area (Å²) >= 11 is 0. The number of likely N-dealkylation sites (tertiary alicyclic amines) is 1. The molecule has 0 saturated carbocycles. The SMILES string of the molecule is CN1CCN(Cc2ccccc2)C(CNC(=O)N2CCC(C(F)F)CC2)C1. The van der Waals surface area contributed by atoms with E-state index < -0.39 is 12.3 Å². The minimum atomic E-state index is -2.28. The smallest absolute Gasteiger partial charge is 0.317 e. The van der Waals surface area contributed by atoms with Crippen LogP contribution in [0.5, 0.6) is 0 Å². The fraction of sp³-hybridized carbons (Fsp3) is 0.650. The first-order valence-corrected chi connectivity index (χ1v) is 9.80. The van der Waals surface area contributed by atoms with Crippen LogP contribution in [0.15, 0.2) is 30.3 Å². The Morgan fingerprint density at radius 3 is 2.52 bits per heavy atom. The predicted octanol–water partition coefficient (Wildman–Crippen LogP) is 2.49. The van der Waals surface area contributed by atoms with Crippen molar-refractivity contribution in [3.8, 4) is 0 Å². The molecule has 1 unspecified atom stereocenters. The van der Waals surface area contributed by atoms with Gasteiger partial charge in [-0.25, -0.2) is 13.6 Å². The lowest BCUT2D eigenvalue weighted by atomic mass is 9.98. The lowest BCUT2D eigenvalue weighted by Gasteiger charge is -2.40. The van der Waals surface area contributed by atoms with Crippen LogP contribution in [0.1, 0.15) is 18.4 Å². The molecule has 1 aromatic carbocycles. The van der Waals surface area contributed by atoms with Crippen molar-refractivity contribution in [2.24, 2.45) is 5.92 Å². The third-order valence-corrected chi connectivity index (χ3v) is 5.71. The normalized spacial score (nSPS) is 23.0. The van der Waals surface area contributed by atoms with Crippen molar-refractivity contribution in [1.29, 1.82) is 0 Å². The Morgan fingerprint density at radius 1 is 1.15 bits per heavy atom. The van der Waals surface area contributed by atoms with Crippen LogP contribution in [0, 0.1) is 5.92 Å². The number of benzene rings is 1. The third kappa shape index (κ3) is 5.62. The number of hydrogen-bond acceptors (Lipinski definition) is 3. The molecular weight excluding hydrogens is 350 g/mol. The van der Waals surface area contributed by atoms with Gasteiger partial charge in [-0.2, -0.15) is 0 Å². The van der Waals surface area contributed by atoms with E-state index >= 15 is 0 Å². The Bertz CT molecular complexity index is 593. The Labute approximate surface area is 160 Å². The summed E-state index contributed by atoms with van der Waals surface area (Å²) < 4.78 is 25.5. The monoisotopic (exact) mass is 380 g/mol. The summed E-state index contributed by atoms with van der Waals surface area (Å²) in [5.74, 6) is -0.567. The minimum Gasteiger partial charge on any atom is -0.336 e. The molecule has 2 amide bonds. The minimum absolute atomic E-state index is 0.129. The summed E-state index contributed by atoms with van der Waals surface area (Å²) in [5.41, 5.74) is 1.27. The maximum atomic E-state index is 12.8. The highest BCUT2D eigenvalue weighted by Gasteiger charge is 2.30. The molecule has 27 heavy (non-hydrogen) atoms. The second-order valence-corrected chi connectivity index (χ2v) is 7.72. The van der Waals surface area contributed by atoms with Crippen molar-refractivity contribution >= 4 is 6.03 Å². The summed E-state index contributed by atoms with van der Waals surface area (Å²) in [7, 11) is 2.10. The summed E-state index contributed by atoms with van der Waals surface area (Å²) in [4.78, 5) is 18.8. The third-order valence-electron chi connectivity index (χ3n) is 5.71. The molecule has 0 aliphatic carbocycles. The highest BCUT2D eigenvalue weighted by Crippen LogP contribution is 2.23. The second kappa shape index (κ2) is 9.46. The van der Waals surface area contributed by atoms with Gasteiger partial charge in [0.1, 0.15) is 0 Å². The van der Waals surface area contributed by atoms with Gasteiger partial charge in [0.2, 0.25) is 6.43 Å². The number of nitrogens with zero attached hydrogens (tertiary/aromatic N) is 3. The molecule has 2 saturated heterocycles. The van der Waals surface area contributed by atoms with E-state index in [1.807, 2.05) is 18.2 Å². The van der Waals surface area contributed by atoms with Crippen molar-refractivity contribution in [3.63, 3.8) is 0 Å². The summed E-state index contributed by atoms with van der Waals surface area (Å²) in [6.45, 7) is 5.16. The molecule has 150 valence electrons. The van der Waals surface area contributed by atoms with Crippen LogP contribution in [0.25, 0.3) is 0 Å². The fourth-order valence-electron chi connectivity index (χ4n) is 3.94. The molecule has 1 N–H and O–H groups in total. The number of piperidine rings is 1. The molecule has 1 atom stereocenters. The van der Waals surface area contributed by atoms with Gasteiger partial charge in [-0.15, -0.1) is 0 Å². The molecular formula is C20H30F2N4O. The zero-order valence-electron chi connectivity index (χ0n) is 16.0. The number of hydrogen-bond donors (Lipinski definition) is 1. The Balaban J connectivity index is 1.50. The van der Waals surface area contributed by atoms with E-state index in [9.17, 15) is 13.6 Å². The highest BCUT2D eigenvalue weighted by molar-refractivity contribution is 5.74. The molecule has 0 aromatic heterocycles. The topological polar surface area (TPSA) is 38.8 Å². The van der Waals surface area contributed by atoms with Crippen LogP contribution in [0.4, 0.5) is 13.6 Å². The largest absolute Gasteiger partial charge is 0.336 e. The quantitative estimate of drug-likeness (QED) is 0.853. The van der Waals surface area contributed by atoms with Gasteiger partial charge in [0.15, 0.2) is 0 Å². The van der Waals surface area contributed by atoms with E-state index in [1.165, 1.54) is 5.56 Å². The average Bonchev–Trinajstić information content (AvgIpc) is 2.68. The molecule has 2 aliphatic rings. The standard InChI is InChI=1S/C20H30F2N4O/c1-24-11-12-26(14-16-5-3-2-4-6-16)18(15-24)13-23-20(27)25-9-7-17(8-10-25)19(21)22/h2-6,17-19H,7-15H2,1H3,(H,23,27). The van der Waals surface area contributed by atoms with Gasteiger partial charge < -0.3 is 15.1 Å². The number of carbonyl (C=O) groups is 1. The number of nitrogens with one attached hydrogen (secondary N) is 1. The van der Waals surface area contributed by atoms with Gasteiger partial charge >= 0.3 is 6.03 Å². The number of halogens is 2. The van der Waals surface area contributed by atoms with Crippen molar-refractivity contribution in [2.75, 3.05) is 46.3 Å².